The Morgan fingerprint density at radius 1 is 1.25 bits per heavy atom. The van der Waals surface area contributed by atoms with Crippen LogP contribution in [0, 0.1) is 5.82 Å². The fourth-order valence-corrected chi connectivity index (χ4v) is 2.40. The van der Waals surface area contributed by atoms with Gasteiger partial charge >= 0.3 is 6.36 Å². The fraction of sp³-hybridized carbons (Fsp3) is 0.462. The summed E-state index contributed by atoms with van der Waals surface area (Å²) < 4.78 is 54.3. The number of halogens is 4. The lowest BCUT2D eigenvalue weighted by Crippen LogP contribution is -2.47. The summed E-state index contributed by atoms with van der Waals surface area (Å²) in [6.07, 6.45) is -3.33. The third-order valence-corrected chi connectivity index (χ3v) is 3.39. The number of alkyl halides is 3. The Morgan fingerprint density at radius 3 is 2.55 bits per heavy atom. The van der Waals surface area contributed by atoms with Crippen LogP contribution in [0.25, 0.3) is 0 Å². The highest BCUT2D eigenvalue weighted by molar-refractivity contribution is 5.90. The SMILES string of the molecule is N[C@]1(c2cccc(OC(F)(F)F)c2F)CCCCC1=O. The summed E-state index contributed by atoms with van der Waals surface area (Å²) in [5, 5.41) is 0. The molecule has 0 unspecified atom stereocenters. The Hall–Kier alpha value is -1.63. The van der Waals surface area contributed by atoms with Gasteiger partial charge in [0.25, 0.3) is 0 Å². The zero-order valence-corrected chi connectivity index (χ0v) is 10.5. The topological polar surface area (TPSA) is 52.3 Å². The van der Waals surface area contributed by atoms with E-state index < -0.39 is 23.5 Å². The monoisotopic (exact) mass is 291 g/mol. The summed E-state index contributed by atoms with van der Waals surface area (Å²) in [7, 11) is 0. The van der Waals surface area contributed by atoms with Gasteiger partial charge in [-0.2, -0.15) is 0 Å². The Bertz CT molecular complexity index is 530. The van der Waals surface area contributed by atoms with E-state index in [1.807, 2.05) is 0 Å². The fourth-order valence-electron chi connectivity index (χ4n) is 2.40. The highest BCUT2D eigenvalue weighted by Crippen LogP contribution is 2.37. The first-order valence-electron chi connectivity index (χ1n) is 6.11. The predicted octanol–water partition coefficient (Wildman–Crippen LogP) is 3.02. The Labute approximate surface area is 112 Å². The van der Waals surface area contributed by atoms with E-state index in [4.69, 9.17) is 5.73 Å². The summed E-state index contributed by atoms with van der Waals surface area (Å²) in [4.78, 5) is 11.9. The molecule has 0 radical (unpaired) electrons. The van der Waals surface area contributed by atoms with E-state index in [9.17, 15) is 22.4 Å². The van der Waals surface area contributed by atoms with Crippen LogP contribution in [0.2, 0.25) is 0 Å². The van der Waals surface area contributed by atoms with E-state index in [0.29, 0.717) is 12.8 Å². The molecule has 20 heavy (non-hydrogen) atoms. The molecule has 1 fully saturated rings. The zero-order valence-electron chi connectivity index (χ0n) is 10.5. The number of ether oxygens (including phenoxy) is 1. The number of carbonyl (C=O) groups is 1. The lowest BCUT2D eigenvalue weighted by atomic mass is 9.76. The van der Waals surface area contributed by atoms with Crippen molar-refractivity contribution in [1.29, 1.82) is 0 Å². The van der Waals surface area contributed by atoms with Crippen molar-refractivity contribution in [2.24, 2.45) is 5.73 Å². The number of nitrogens with two attached hydrogens (primary N) is 1. The molecule has 1 aliphatic carbocycles. The van der Waals surface area contributed by atoms with Gasteiger partial charge in [-0.1, -0.05) is 18.6 Å². The average molecular weight is 291 g/mol. The van der Waals surface area contributed by atoms with Crippen molar-refractivity contribution in [3.05, 3.63) is 29.6 Å². The van der Waals surface area contributed by atoms with E-state index in [-0.39, 0.29) is 24.2 Å². The van der Waals surface area contributed by atoms with Gasteiger partial charge in [-0.05, 0) is 18.9 Å². The molecule has 1 aliphatic rings. The third-order valence-electron chi connectivity index (χ3n) is 3.39. The third kappa shape index (κ3) is 2.77. The van der Waals surface area contributed by atoms with Crippen LogP contribution < -0.4 is 10.5 Å². The molecule has 2 rings (SSSR count). The van der Waals surface area contributed by atoms with Crippen LogP contribution in [0.15, 0.2) is 18.2 Å². The number of ketones is 1. The van der Waals surface area contributed by atoms with Gasteiger partial charge in [0.1, 0.15) is 5.54 Å². The van der Waals surface area contributed by atoms with Crippen molar-refractivity contribution in [3.8, 4) is 5.75 Å². The minimum Gasteiger partial charge on any atom is -0.403 e. The maximum atomic E-state index is 14.1. The Morgan fingerprint density at radius 2 is 1.95 bits per heavy atom. The standard InChI is InChI=1S/C13H13F4NO2/c14-11-8(12(18)7-2-1-6-10(12)19)4-3-5-9(11)20-13(15,16)17/h3-5H,1-2,6-7,18H2/t12-/m0/s1. The van der Waals surface area contributed by atoms with Gasteiger partial charge in [0, 0.05) is 12.0 Å². The summed E-state index contributed by atoms with van der Waals surface area (Å²) >= 11 is 0. The van der Waals surface area contributed by atoms with Gasteiger partial charge in [0.2, 0.25) is 0 Å². The van der Waals surface area contributed by atoms with Crippen LogP contribution in [0.5, 0.6) is 5.75 Å². The average Bonchev–Trinajstić information content (AvgIpc) is 2.34. The lowest BCUT2D eigenvalue weighted by molar-refractivity contribution is -0.275. The molecule has 0 aromatic heterocycles. The van der Waals surface area contributed by atoms with Crippen molar-refractivity contribution < 1.29 is 27.1 Å². The maximum absolute atomic E-state index is 14.1. The predicted molar refractivity (Wildman–Crippen MR) is 62.4 cm³/mol. The van der Waals surface area contributed by atoms with Crippen LogP contribution >= 0.6 is 0 Å². The molecular formula is C13H13F4NO2. The number of carbonyl (C=O) groups excluding carboxylic acids is 1. The highest BCUT2D eigenvalue weighted by Gasteiger charge is 2.41. The molecular weight excluding hydrogens is 278 g/mol. The first-order chi connectivity index (χ1) is 9.24. The minimum atomic E-state index is -5.00. The molecule has 0 saturated heterocycles. The smallest absolute Gasteiger partial charge is 0.403 e. The molecule has 2 N–H and O–H groups in total. The largest absolute Gasteiger partial charge is 0.573 e. The number of hydrogen-bond donors (Lipinski definition) is 1. The quantitative estimate of drug-likeness (QED) is 0.852. The molecule has 1 aromatic carbocycles. The van der Waals surface area contributed by atoms with Gasteiger partial charge in [-0.3, -0.25) is 4.79 Å². The second-order valence-electron chi connectivity index (χ2n) is 4.77. The molecule has 1 saturated carbocycles. The number of rotatable bonds is 2. The molecule has 110 valence electrons. The van der Waals surface area contributed by atoms with Crippen LogP contribution in [0.4, 0.5) is 17.6 Å². The summed E-state index contributed by atoms with van der Waals surface area (Å²) in [6.45, 7) is 0. The number of hydrogen-bond acceptors (Lipinski definition) is 3. The van der Waals surface area contributed by atoms with Crippen LogP contribution in [0.3, 0.4) is 0 Å². The van der Waals surface area contributed by atoms with E-state index in [1.165, 1.54) is 12.1 Å². The maximum Gasteiger partial charge on any atom is 0.573 e. The van der Waals surface area contributed by atoms with Crippen LogP contribution in [-0.2, 0) is 10.3 Å². The molecule has 1 aromatic rings. The van der Waals surface area contributed by atoms with E-state index in [2.05, 4.69) is 4.74 Å². The minimum absolute atomic E-state index is 0.195. The first kappa shape index (κ1) is 14.8. The van der Waals surface area contributed by atoms with E-state index >= 15 is 0 Å². The van der Waals surface area contributed by atoms with Crippen LogP contribution in [-0.4, -0.2) is 12.1 Å². The van der Waals surface area contributed by atoms with Gasteiger partial charge < -0.3 is 10.5 Å². The summed E-state index contributed by atoms with van der Waals surface area (Å²) in [6, 6.07) is 3.26. The molecule has 0 spiro atoms. The first-order valence-corrected chi connectivity index (χ1v) is 6.11. The van der Waals surface area contributed by atoms with Gasteiger partial charge in [-0.15, -0.1) is 13.2 Å². The second kappa shape index (κ2) is 5.05. The molecule has 0 amide bonds. The number of benzene rings is 1. The summed E-state index contributed by atoms with van der Waals surface area (Å²) in [5.74, 6) is -2.58. The summed E-state index contributed by atoms with van der Waals surface area (Å²) in [5.41, 5.74) is 4.11. The van der Waals surface area contributed by atoms with Gasteiger partial charge in [-0.25, -0.2) is 4.39 Å². The van der Waals surface area contributed by atoms with Gasteiger partial charge in [0.05, 0.1) is 0 Å². The van der Waals surface area contributed by atoms with Crippen molar-refractivity contribution >= 4 is 5.78 Å². The van der Waals surface area contributed by atoms with Crippen molar-refractivity contribution in [2.45, 2.75) is 37.6 Å². The molecule has 0 heterocycles. The van der Waals surface area contributed by atoms with Crippen molar-refractivity contribution in [3.63, 3.8) is 0 Å². The highest BCUT2D eigenvalue weighted by atomic mass is 19.4. The second-order valence-corrected chi connectivity index (χ2v) is 4.77. The van der Waals surface area contributed by atoms with Crippen LogP contribution in [0.1, 0.15) is 31.2 Å². The van der Waals surface area contributed by atoms with E-state index in [0.717, 1.165) is 6.07 Å². The van der Waals surface area contributed by atoms with Crippen molar-refractivity contribution in [1.82, 2.24) is 0 Å². The molecule has 3 nitrogen and oxygen atoms in total. The Balaban J connectivity index is 2.42. The molecule has 0 bridgehead atoms. The number of Topliss-reactive ketones (excluding diaryl/α,β-unsaturated/α-hetero) is 1. The normalized spacial score (nSPS) is 23.8. The molecule has 7 heteroatoms. The van der Waals surface area contributed by atoms with E-state index in [1.54, 1.807) is 0 Å². The zero-order chi connectivity index (χ0) is 15.0. The Kier molecular flexibility index (Phi) is 3.73. The lowest BCUT2D eigenvalue weighted by Gasteiger charge is -2.32. The van der Waals surface area contributed by atoms with Gasteiger partial charge in [0.15, 0.2) is 17.3 Å². The molecule has 1 atom stereocenters. The molecule has 0 aliphatic heterocycles. The van der Waals surface area contributed by atoms with Crippen molar-refractivity contribution in [2.75, 3.05) is 0 Å².